The summed E-state index contributed by atoms with van der Waals surface area (Å²) in [7, 11) is 2.05. The number of pyridine rings is 1. The Bertz CT molecular complexity index is 540. The summed E-state index contributed by atoms with van der Waals surface area (Å²) in [4.78, 5) is 7.68. The molecule has 2 heterocycles. The third-order valence-electron chi connectivity index (χ3n) is 2.68. The Morgan fingerprint density at radius 2 is 2.17 bits per heavy atom. The van der Waals surface area contributed by atoms with Crippen LogP contribution in [0.2, 0.25) is 4.34 Å². The quantitative estimate of drug-likeness (QED) is 0.774. The second-order valence-corrected chi connectivity index (χ2v) is 6.22. The summed E-state index contributed by atoms with van der Waals surface area (Å²) in [6.45, 7) is 2.81. The minimum Gasteiger partial charge on any atom is -0.369 e. The fourth-order valence-electron chi connectivity index (χ4n) is 1.79. The summed E-state index contributed by atoms with van der Waals surface area (Å²) in [6.07, 6.45) is 1.84. The number of hydrogen-bond donors (Lipinski definition) is 0. The van der Waals surface area contributed by atoms with Gasteiger partial charge >= 0.3 is 0 Å². The van der Waals surface area contributed by atoms with E-state index in [1.807, 2.05) is 19.2 Å². The first-order valence-electron chi connectivity index (χ1n) is 5.57. The van der Waals surface area contributed by atoms with Crippen LogP contribution in [0.3, 0.4) is 0 Å². The Morgan fingerprint density at radius 1 is 1.39 bits per heavy atom. The number of rotatable bonds is 4. The number of aromatic nitrogens is 1. The first-order chi connectivity index (χ1) is 8.60. The summed E-state index contributed by atoms with van der Waals surface area (Å²) >= 11 is 13.5. The molecule has 5 heteroatoms. The smallest absolute Gasteiger partial charge is 0.0931 e. The van der Waals surface area contributed by atoms with Crippen LogP contribution in [0.5, 0.6) is 0 Å². The molecule has 0 saturated carbocycles. The Labute approximate surface area is 121 Å². The van der Waals surface area contributed by atoms with Gasteiger partial charge in [-0.3, -0.25) is 4.98 Å². The van der Waals surface area contributed by atoms with Gasteiger partial charge in [0.1, 0.15) is 0 Å². The number of anilines is 1. The monoisotopic (exact) mass is 300 g/mol. The summed E-state index contributed by atoms with van der Waals surface area (Å²) in [5, 5.41) is 0. The Morgan fingerprint density at radius 3 is 2.78 bits per heavy atom. The molecule has 0 saturated heterocycles. The van der Waals surface area contributed by atoms with Gasteiger partial charge in [0.15, 0.2) is 0 Å². The predicted octanol–water partition coefficient (Wildman–Crippen LogP) is 4.48. The molecule has 0 aliphatic rings. The molecule has 2 aromatic heterocycles. The van der Waals surface area contributed by atoms with Crippen LogP contribution in [0.4, 0.5) is 5.69 Å². The summed E-state index contributed by atoms with van der Waals surface area (Å²) in [5.41, 5.74) is 3.17. The predicted molar refractivity (Wildman–Crippen MR) is 80.0 cm³/mol. The highest BCUT2D eigenvalue weighted by Crippen LogP contribution is 2.27. The topological polar surface area (TPSA) is 16.1 Å². The van der Waals surface area contributed by atoms with Crippen molar-refractivity contribution in [2.75, 3.05) is 11.9 Å². The van der Waals surface area contributed by atoms with Gasteiger partial charge in [-0.2, -0.15) is 0 Å². The maximum Gasteiger partial charge on any atom is 0.0931 e. The van der Waals surface area contributed by atoms with Crippen LogP contribution in [-0.4, -0.2) is 12.0 Å². The molecule has 0 fully saturated rings. The normalized spacial score (nSPS) is 10.7. The molecule has 0 spiro atoms. The van der Waals surface area contributed by atoms with E-state index in [0.29, 0.717) is 5.88 Å². The van der Waals surface area contributed by atoms with Crippen molar-refractivity contribution in [1.82, 2.24) is 4.98 Å². The Hall–Kier alpha value is -0.770. The maximum atomic E-state index is 5.95. The molecule has 2 rings (SSSR count). The van der Waals surface area contributed by atoms with E-state index in [9.17, 15) is 0 Å². The molecule has 0 amide bonds. The van der Waals surface area contributed by atoms with Crippen LogP contribution in [0.25, 0.3) is 0 Å². The third kappa shape index (κ3) is 3.16. The number of halogens is 2. The van der Waals surface area contributed by atoms with Crippen molar-refractivity contribution in [1.29, 1.82) is 0 Å². The molecule has 0 atom stereocenters. The van der Waals surface area contributed by atoms with Gasteiger partial charge in [-0.15, -0.1) is 22.9 Å². The van der Waals surface area contributed by atoms with Crippen molar-refractivity contribution in [2.24, 2.45) is 0 Å². The molecule has 0 aliphatic carbocycles. The summed E-state index contributed by atoms with van der Waals surface area (Å²) < 4.78 is 0.821. The van der Waals surface area contributed by atoms with Crippen LogP contribution < -0.4 is 4.90 Å². The van der Waals surface area contributed by atoms with Crippen molar-refractivity contribution < 1.29 is 0 Å². The number of aryl methyl sites for hydroxylation is 1. The first-order valence-corrected chi connectivity index (χ1v) is 7.30. The molecular formula is C13H14Cl2N2S. The SMILES string of the molecule is Cc1cc(N(C)Cc2ccc(Cl)s2)c(CCl)cn1. The van der Waals surface area contributed by atoms with Crippen molar-refractivity contribution in [3.8, 4) is 0 Å². The molecule has 18 heavy (non-hydrogen) atoms. The lowest BCUT2D eigenvalue weighted by atomic mass is 10.2. The molecule has 0 N–H and O–H groups in total. The zero-order valence-electron chi connectivity index (χ0n) is 10.3. The van der Waals surface area contributed by atoms with Gasteiger partial charge < -0.3 is 4.90 Å². The molecular weight excluding hydrogens is 287 g/mol. The molecule has 0 aromatic carbocycles. The average Bonchev–Trinajstić information content (AvgIpc) is 2.74. The van der Waals surface area contributed by atoms with Crippen LogP contribution in [0.1, 0.15) is 16.1 Å². The third-order valence-corrected chi connectivity index (χ3v) is 4.18. The van der Waals surface area contributed by atoms with Crippen LogP contribution >= 0.6 is 34.5 Å². The van der Waals surface area contributed by atoms with Gasteiger partial charge in [-0.1, -0.05) is 11.6 Å². The van der Waals surface area contributed by atoms with Gasteiger partial charge in [-0.05, 0) is 25.1 Å². The van der Waals surface area contributed by atoms with E-state index in [1.165, 1.54) is 4.88 Å². The minimum absolute atomic E-state index is 0.470. The Kier molecular flexibility index (Phi) is 4.49. The molecule has 2 nitrogen and oxygen atoms in total. The standard InChI is InChI=1S/C13H14Cl2N2S/c1-9-5-12(10(6-14)7-16-9)17(2)8-11-3-4-13(15)18-11/h3-5,7H,6,8H2,1-2H3. The zero-order chi connectivity index (χ0) is 13.1. The van der Waals surface area contributed by atoms with E-state index in [-0.39, 0.29) is 0 Å². The molecule has 0 aliphatic heterocycles. The van der Waals surface area contributed by atoms with Gasteiger partial charge in [0, 0.05) is 35.1 Å². The number of alkyl halides is 1. The van der Waals surface area contributed by atoms with Crippen molar-refractivity contribution in [3.63, 3.8) is 0 Å². The van der Waals surface area contributed by atoms with Gasteiger partial charge in [0.25, 0.3) is 0 Å². The maximum absolute atomic E-state index is 5.95. The second-order valence-electron chi connectivity index (χ2n) is 4.15. The lowest BCUT2D eigenvalue weighted by Crippen LogP contribution is -2.17. The second kappa shape index (κ2) is 5.91. The minimum atomic E-state index is 0.470. The largest absolute Gasteiger partial charge is 0.369 e. The lowest BCUT2D eigenvalue weighted by Gasteiger charge is -2.21. The van der Waals surface area contributed by atoms with E-state index in [0.717, 1.165) is 27.8 Å². The molecule has 2 aromatic rings. The highest BCUT2D eigenvalue weighted by atomic mass is 35.5. The van der Waals surface area contributed by atoms with Crippen LogP contribution in [-0.2, 0) is 12.4 Å². The lowest BCUT2D eigenvalue weighted by molar-refractivity contribution is 0.924. The zero-order valence-corrected chi connectivity index (χ0v) is 12.6. The van der Waals surface area contributed by atoms with Gasteiger partial charge in [-0.25, -0.2) is 0 Å². The van der Waals surface area contributed by atoms with Crippen molar-refractivity contribution in [3.05, 3.63) is 44.9 Å². The Balaban J connectivity index is 2.22. The number of nitrogens with zero attached hydrogens (tertiary/aromatic N) is 2. The van der Waals surface area contributed by atoms with E-state index >= 15 is 0 Å². The average molecular weight is 301 g/mol. The fourth-order valence-corrected chi connectivity index (χ4v) is 3.13. The highest BCUT2D eigenvalue weighted by molar-refractivity contribution is 7.16. The number of hydrogen-bond acceptors (Lipinski definition) is 3. The fraction of sp³-hybridized carbons (Fsp3) is 0.308. The van der Waals surface area contributed by atoms with E-state index in [4.69, 9.17) is 23.2 Å². The highest BCUT2D eigenvalue weighted by Gasteiger charge is 2.09. The molecule has 0 radical (unpaired) electrons. The van der Waals surface area contributed by atoms with Crippen molar-refractivity contribution in [2.45, 2.75) is 19.3 Å². The molecule has 96 valence electrons. The van der Waals surface area contributed by atoms with E-state index in [2.05, 4.69) is 29.1 Å². The molecule has 0 unspecified atom stereocenters. The first kappa shape index (κ1) is 13.7. The van der Waals surface area contributed by atoms with Gasteiger partial charge in [0.05, 0.1) is 16.8 Å². The summed E-state index contributed by atoms with van der Waals surface area (Å²) in [5.74, 6) is 0.470. The number of thiophene rings is 1. The van der Waals surface area contributed by atoms with Gasteiger partial charge in [0.2, 0.25) is 0 Å². The van der Waals surface area contributed by atoms with Crippen LogP contribution in [0, 0.1) is 6.92 Å². The van der Waals surface area contributed by atoms with E-state index < -0.39 is 0 Å². The molecule has 0 bridgehead atoms. The van der Waals surface area contributed by atoms with Crippen molar-refractivity contribution >= 4 is 40.2 Å². The summed E-state index contributed by atoms with van der Waals surface area (Å²) in [6, 6.07) is 6.04. The van der Waals surface area contributed by atoms with Crippen LogP contribution in [0.15, 0.2) is 24.4 Å². The van der Waals surface area contributed by atoms with E-state index in [1.54, 1.807) is 11.3 Å².